The molecule has 0 aliphatic carbocycles. The zero-order valence-corrected chi connectivity index (χ0v) is 19.5. The van der Waals surface area contributed by atoms with Gasteiger partial charge in [0.15, 0.2) is 23.9 Å². The Balaban J connectivity index is 1.37. The van der Waals surface area contributed by atoms with E-state index >= 15 is 0 Å². The van der Waals surface area contributed by atoms with Crippen LogP contribution in [-0.2, 0) is 19.1 Å². The second-order valence-electron chi connectivity index (χ2n) is 8.05. The summed E-state index contributed by atoms with van der Waals surface area (Å²) >= 11 is 0. The average Bonchev–Trinajstić information content (AvgIpc) is 3.20. The number of nitrogens with zero attached hydrogens (tertiary/aromatic N) is 2. The van der Waals surface area contributed by atoms with E-state index < -0.39 is 24.4 Å². The first-order chi connectivity index (χ1) is 16.9. The number of carbonyl (C=O) groups is 4. The summed E-state index contributed by atoms with van der Waals surface area (Å²) < 4.78 is 20.8. The normalized spacial score (nSPS) is 18.5. The van der Waals surface area contributed by atoms with Crippen molar-refractivity contribution in [2.24, 2.45) is 0 Å². The van der Waals surface area contributed by atoms with Crippen molar-refractivity contribution in [3.05, 3.63) is 53.6 Å². The molecule has 2 aromatic carbocycles. The summed E-state index contributed by atoms with van der Waals surface area (Å²) in [7, 11) is 2.95. The lowest BCUT2D eigenvalue weighted by molar-refractivity contribution is -0.123. The van der Waals surface area contributed by atoms with Crippen molar-refractivity contribution in [3.63, 3.8) is 0 Å². The summed E-state index contributed by atoms with van der Waals surface area (Å²) in [6.45, 7) is 1.81. The Bertz CT molecular complexity index is 1120. The second-order valence-corrected chi connectivity index (χ2v) is 8.05. The molecule has 4 rings (SSSR count). The lowest BCUT2D eigenvalue weighted by Gasteiger charge is -2.30. The average molecular weight is 482 g/mol. The fourth-order valence-electron chi connectivity index (χ4n) is 4.12. The van der Waals surface area contributed by atoms with E-state index in [0.717, 1.165) is 4.90 Å². The van der Waals surface area contributed by atoms with E-state index in [1.165, 1.54) is 44.6 Å². The van der Waals surface area contributed by atoms with Crippen molar-refractivity contribution in [1.82, 2.24) is 4.90 Å². The summed E-state index contributed by atoms with van der Waals surface area (Å²) in [5.74, 6) is -0.807. The van der Waals surface area contributed by atoms with Crippen LogP contribution in [0.15, 0.2) is 42.5 Å². The third kappa shape index (κ3) is 5.18. The van der Waals surface area contributed by atoms with Crippen LogP contribution in [0.5, 0.6) is 11.5 Å². The SMILES string of the molecule is COc1ccc(C(=O)COC(=O)c2ccc(N3C(=O)CC(N4CCOCC4)C3=O)cc2)cc1OC. The van der Waals surface area contributed by atoms with E-state index in [-0.39, 0.29) is 23.8 Å². The largest absolute Gasteiger partial charge is 0.493 e. The molecule has 2 saturated heterocycles. The number of carbonyl (C=O) groups excluding carboxylic acids is 4. The molecule has 10 heteroatoms. The molecule has 2 fully saturated rings. The first kappa shape index (κ1) is 24.4. The molecule has 184 valence electrons. The van der Waals surface area contributed by atoms with Crippen molar-refractivity contribution in [1.29, 1.82) is 0 Å². The number of hydrogen-bond donors (Lipinski definition) is 0. The van der Waals surface area contributed by atoms with Crippen molar-refractivity contribution in [2.45, 2.75) is 12.5 Å². The Morgan fingerprint density at radius 1 is 0.943 bits per heavy atom. The van der Waals surface area contributed by atoms with Gasteiger partial charge in [-0.3, -0.25) is 19.3 Å². The van der Waals surface area contributed by atoms with E-state index in [2.05, 4.69) is 0 Å². The van der Waals surface area contributed by atoms with Gasteiger partial charge >= 0.3 is 5.97 Å². The third-order valence-corrected chi connectivity index (χ3v) is 6.01. The van der Waals surface area contributed by atoms with Gasteiger partial charge < -0.3 is 18.9 Å². The van der Waals surface area contributed by atoms with E-state index in [0.29, 0.717) is 49.1 Å². The van der Waals surface area contributed by atoms with Crippen LogP contribution < -0.4 is 14.4 Å². The van der Waals surface area contributed by atoms with Crippen LogP contribution in [0.4, 0.5) is 5.69 Å². The van der Waals surface area contributed by atoms with Gasteiger partial charge in [0.05, 0.1) is 51.1 Å². The number of Topliss-reactive ketones (excluding diaryl/α,β-unsaturated/α-hetero) is 1. The van der Waals surface area contributed by atoms with Crippen LogP contribution in [0, 0.1) is 0 Å². The van der Waals surface area contributed by atoms with Crippen LogP contribution in [0.2, 0.25) is 0 Å². The molecular formula is C25H26N2O8. The van der Waals surface area contributed by atoms with Crippen molar-refractivity contribution in [3.8, 4) is 11.5 Å². The lowest BCUT2D eigenvalue weighted by atomic mass is 10.1. The van der Waals surface area contributed by atoms with Gasteiger partial charge in [0.1, 0.15) is 0 Å². The minimum absolute atomic E-state index is 0.112. The number of imide groups is 1. The fraction of sp³-hybridized carbons (Fsp3) is 0.360. The predicted molar refractivity (Wildman–Crippen MR) is 124 cm³/mol. The highest BCUT2D eigenvalue weighted by Crippen LogP contribution is 2.28. The Morgan fingerprint density at radius 2 is 1.60 bits per heavy atom. The summed E-state index contributed by atoms with van der Waals surface area (Å²) in [5, 5.41) is 0. The molecule has 0 saturated carbocycles. The molecule has 0 radical (unpaired) electrons. The molecule has 35 heavy (non-hydrogen) atoms. The summed E-state index contributed by atoms with van der Waals surface area (Å²) in [6, 6.07) is 10.1. The van der Waals surface area contributed by atoms with Gasteiger partial charge in [-0.05, 0) is 42.5 Å². The number of esters is 1. The predicted octanol–water partition coefficient (Wildman–Crippen LogP) is 1.71. The number of rotatable bonds is 8. The van der Waals surface area contributed by atoms with E-state index in [1.54, 1.807) is 12.1 Å². The topological polar surface area (TPSA) is 112 Å². The van der Waals surface area contributed by atoms with Crippen LogP contribution in [0.25, 0.3) is 0 Å². The van der Waals surface area contributed by atoms with Gasteiger partial charge in [-0.2, -0.15) is 0 Å². The number of benzene rings is 2. The van der Waals surface area contributed by atoms with Gasteiger partial charge in [0, 0.05) is 18.7 Å². The molecule has 2 aliphatic heterocycles. The summed E-state index contributed by atoms with van der Waals surface area (Å²) in [6.07, 6.45) is 0.112. The van der Waals surface area contributed by atoms with Gasteiger partial charge in [0.25, 0.3) is 5.91 Å². The molecule has 1 atom stereocenters. The Kier molecular flexibility index (Phi) is 7.42. The Hall–Kier alpha value is -3.76. The standard InChI is InChI=1S/C25H26N2O8/c1-32-21-8-5-17(13-22(21)33-2)20(28)15-35-25(31)16-3-6-18(7-4-16)27-23(29)14-19(24(27)30)26-9-11-34-12-10-26/h3-8,13,19H,9-12,14-15H2,1-2H3. The van der Waals surface area contributed by atoms with Crippen LogP contribution in [0.1, 0.15) is 27.1 Å². The maximum atomic E-state index is 12.9. The van der Waals surface area contributed by atoms with E-state index in [9.17, 15) is 19.2 Å². The summed E-state index contributed by atoms with van der Waals surface area (Å²) in [4.78, 5) is 53.5. The number of ether oxygens (including phenoxy) is 4. The number of hydrogen-bond acceptors (Lipinski definition) is 9. The number of ketones is 1. The number of amides is 2. The highest BCUT2D eigenvalue weighted by Gasteiger charge is 2.43. The second kappa shape index (κ2) is 10.7. The van der Waals surface area contributed by atoms with Gasteiger partial charge in [0.2, 0.25) is 5.91 Å². The van der Waals surface area contributed by atoms with Crippen LogP contribution >= 0.6 is 0 Å². The number of anilines is 1. The minimum atomic E-state index is -0.698. The maximum Gasteiger partial charge on any atom is 0.338 e. The summed E-state index contributed by atoms with van der Waals surface area (Å²) in [5.41, 5.74) is 0.887. The molecule has 0 aromatic heterocycles. The quantitative estimate of drug-likeness (QED) is 0.315. The molecule has 1 unspecified atom stereocenters. The van der Waals surface area contributed by atoms with E-state index in [4.69, 9.17) is 18.9 Å². The van der Waals surface area contributed by atoms with Crippen LogP contribution in [0.3, 0.4) is 0 Å². The molecule has 2 aromatic rings. The molecule has 0 bridgehead atoms. The van der Waals surface area contributed by atoms with Crippen molar-refractivity contribution in [2.75, 3.05) is 52.0 Å². The first-order valence-electron chi connectivity index (χ1n) is 11.1. The molecule has 2 heterocycles. The Labute approximate surface area is 202 Å². The van der Waals surface area contributed by atoms with Crippen molar-refractivity contribution >= 4 is 29.3 Å². The monoisotopic (exact) mass is 482 g/mol. The zero-order chi connectivity index (χ0) is 24.9. The molecule has 2 amide bonds. The highest BCUT2D eigenvalue weighted by atomic mass is 16.5. The smallest absolute Gasteiger partial charge is 0.338 e. The van der Waals surface area contributed by atoms with Gasteiger partial charge in [-0.25, -0.2) is 9.69 Å². The van der Waals surface area contributed by atoms with Crippen LogP contribution in [-0.4, -0.2) is 81.6 Å². The zero-order valence-electron chi connectivity index (χ0n) is 19.5. The minimum Gasteiger partial charge on any atom is -0.493 e. The van der Waals surface area contributed by atoms with Crippen molar-refractivity contribution < 1.29 is 38.1 Å². The first-order valence-corrected chi connectivity index (χ1v) is 11.1. The van der Waals surface area contributed by atoms with E-state index in [1.807, 2.05) is 4.90 Å². The molecule has 0 N–H and O–H groups in total. The maximum absolute atomic E-state index is 12.9. The van der Waals surface area contributed by atoms with Gasteiger partial charge in [-0.1, -0.05) is 0 Å². The Morgan fingerprint density at radius 3 is 2.26 bits per heavy atom. The number of morpholine rings is 1. The molecule has 2 aliphatic rings. The highest BCUT2D eigenvalue weighted by molar-refractivity contribution is 6.22. The van der Waals surface area contributed by atoms with Gasteiger partial charge in [-0.15, -0.1) is 0 Å². The molecule has 0 spiro atoms. The number of methoxy groups -OCH3 is 2. The lowest BCUT2D eigenvalue weighted by Crippen LogP contribution is -2.47. The third-order valence-electron chi connectivity index (χ3n) is 6.01. The molecular weight excluding hydrogens is 456 g/mol. The fourth-order valence-corrected chi connectivity index (χ4v) is 4.12. The molecule has 10 nitrogen and oxygen atoms in total.